The van der Waals surface area contributed by atoms with Crippen LogP contribution in [0.4, 0.5) is 13.2 Å². The molecule has 0 aliphatic heterocycles. The molecule has 2 rings (SSSR count). The Bertz CT molecular complexity index is 866. The van der Waals surface area contributed by atoms with Gasteiger partial charge in [0, 0.05) is 0 Å². The number of nitriles is 2. The number of benzene rings is 2. The Morgan fingerprint density at radius 2 is 1.63 bits per heavy atom. The first-order valence-electron chi connectivity index (χ1n) is 7.82. The normalized spacial score (nSPS) is 12.1. The molecular formula is C19H16F3N3O2. The minimum Gasteiger partial charge on any atom is -0.488 e. The molecule has 0 aliphatic rings. The van der Waals surface area contributed by atoms with Gasteiger partial charge in [0.1, 0.15) is 18.1 Å². The van der Waals surface area contributed by atoms with Gasteiger partial charge in [-0.3, -0.25) is 4.90 Å². The standard InChI is InChI=1S/C19H16F3N3O2/c1-25(2)18(27-15-6-3-13(10-23)4-7-15)12-26-16-8-5-14(11-24)17(9-16)19(20,21)22/h3-9,18H,12H2,1-2H3. The molecule has 0 N–H and O–H groups in total. The summed E-state index contributed by atoms with van der Waals surface area (Å²) in [7, 11) is 3.47. The number of hydrogen-bond acceptors (Lipinski definition) is 5. The summed E-state index contributed by atoms with van der Waals surface area (Å²) in [5, 5.41) is 17.6. The maximum absolute atomic E-state index is 13.0. The van der Waals surface area contributed by atoms with Gasteiger partial charge in [0.25, 0.3) is 0 Å². The second kappa shape index (κ2) is 8.43. The number of nitrogens with zero attached hydrogens (tertiary/aromatic N) is 3. The van der Waals surface area contributed by atoms with Crippen molar-refractivity contribution in [1.82, 2.24) is 4.90 Å². The maximum atomic E-state index is 13.0. The van der Waals surface area contributed by atoms with Gasteiger partial charge >= 0.3 is 6.18 Å². The zero-order valence-corrected chi connectivity index (χ0v) is 14.6. The van der Waals surface area contributed by atoms with Crippen LogP contribution in [0.5, 0.6) is 11.5 Å². The first-order valence-corrected chi connectivity index (χ1v) is 7.82. The molecule has 2 aromatic carbocycles. The van der Waals surface area contributed by atoms with E-state index >= 15 is 0 Å². The molecule has 1 unspecified atom stereocenters. The zero-order valence-electron chi connectivity index (χ0n) is 14.6. The summed E-state index contributed by atoms with van der Waals surface area (Å²) in [5.74, 6) is 0.476. The topological polar surface area (TPSA) is 69.3 Å². The van der Waals surface area contributed by atoms with Gasteiger partial charge in [-0.15, -0.1) is 0 Å². The minimum atomic E-state index is -4.65. The van der Waals surface area contributed by atoms with Crippen molar-refractivity contribution in [1.29, 1.82) is 10.5 Å². The van der Waals surface area contributed by atoms with Crippen molar-refractivity contribution in [2.45, 2.75) is 12.4 Å². The third kappa shape index (κ3) is 5.37. The van der Waals surface area contributed by atoms with Gasteiger partial charge < -0.3 is 9.47 Å². The Morgan fingerprint density at radius 1 is 1.00 bits per heavy atom. The molecule has 0 aliphatic carbocycles. The van der Waals surface area contributed by atoms with Crippen molar-refractivity contribution in [3.63, 3.8) is 0 Å². The molecule has 0 heterocycles. The maximum Gasteiger partial charge on any atom is 0.417 e. The molecule has 8 heteroatoms. The monoisotopic (exact) mass is 375 g/mol. The number of alkyl halides is 3. The van der Waals surface area contributed by atoms with Crippen LogP contribution < -0.4 is 9.47 Å². The lowest BCUT2D eigenvalue weighted by atomic mass is 10.1. The van der Waals surface area contributed by atoms with Gasteiger partial charge in [-0.1, -0.05) is 0 Å². The molecule has 27 heavy (non-hydrogen) atoms. The Hall–Kier alpha value is -3.23. The lowest BCUT2D eigenvalue weighted by Gasteiger charge is -2.25. The molecule has 0 aromatic heterocycles. The number of rotatable bonds is 6. The van der Waals surface area contributed by atoms with Gasteiger partial charge in [-0.05, 0) is 56.6 Å². The average molecular weight is 375 g/mol. The molecule has 0 fully saturated rings. The first kappa shape index (κ1) is 20.1. The molecular weight excluding hydrogens is 359 g/mol. The van der Waals surface area contributed by atoms with E-state index in [0.29, 0.717) is 11.3 Å². The second-order valence-electron chi connectivity index (χ2n) is 5.80. The summed E-state index contributed by atoms with van der Waals surface area (Å²) in [6, 6.07) is 13.1. The fourth-order valence-electron chi connectivity index (χ4n) is 2.17. The largest absolute Gasteiger partial charge is 0.488 e. The van der Waals surface area contributed by atoms with E-state index in [1.807, 2.05) is 6.07 Å². The van der Waals surface area contributed by atoms with Crippen molar-refractivity contribution in [2.75, 3.05) is 20.7 Å². The molecule has 140 valence electrons. The van der Waals surface area contributed by atoms with Gasteiger partial charge in [0.05, 0.1) is 28.8 Å². The number of ether oxygens (including phenoxy) is 2. The fraction of sp³-hybridized carbons (Fsp3) is 0.263. The highest BCUT2D eigenvalue weighted by molar-refractivity contribution is 5.44. The Balaban J connectivity index is 2.12. The summed E-state index contributed by atoms with van der Waals surface area (Å²) in [6.07, 6.45) is -5.23. The summed E-state index contributed by atoms with van der Waals surface area (Å²) in [6.45, 7) is -0.0454. The van der Waals surface area contributed by atoms with Crippen molar-refractivity contribution in [2.24, 2.45) is 0 Å². The SMILES string of the molecule is CN(C)C(COc1ccc(C#N)c(C(F)(F)F)c1)Oc1ccc(C#N)cc1. The van der Waals surface area contributed by atoms with Crippen LogP contribution >= 0.6 is 0 Å². The molecule has 0 saturated carbocycles. The van der Waals surface area contributed by atoms with Crippen LogP contribution in [0.1, 0.15) is 16.7 Å². The van der Waals surface area contributed by atoms with Crippen molar-refractivity contribution < 1.29 is 22.6 Å². The van der Waals surface area contributed by atoms with E-state index < -0.39 is 23.5 Å². The highest BCUT2D eigenvalue weighted by atomic mass is 19.4. The molecule has 1 atom stereocenters. The minimum absolute atomic E-state index is 0.0170. The summed E-state index contributed by atoms with van der Waals surface area (Å²) < 4.78 is 50.3. The highest BCUT2D eigenvalue weighted by Gasteiger charge is 2.34. The van der Waals surface area contributed by atoms with E-state index in [1.165, 1.54) is 12.1 Å². The van der Waals surface area contributed by atoms with Crippen LogP contribution in [0.3, 0.4) is 0 Å². The Kier molecular flexibility index (Phi) is 6.27. The van der Waals surface area contributed by atoms with Crippen molar-refractivity contribution in [3.8, 4) is 23.6 Å². The predicted molar refractivity (Wildman–Crippen MR) is 90.9 cm³/mol. The highest BCUT2D eigenvalue weighted by Crippen LogP contribution is 2.34. The zero-order chi connectivity index (χ0) is 20.0. The molecule has 0 amide bonds. The lowest BCUT2D eigenvalue weighted by molar-refractivity contribution is -0.137. The van der Waals surface area contributed by atoms with Crippen LogP contribution in [0.2, 0.25) is 0 Å². The summed E-state index contributed by atoms with van der Waals surface area (Å²) in [5.41, 5.74) is -1.03. The third-order valence-electron chi connectivity index (χ3n) is 3.64. The van der Waals surface area contributed by atoms with Crippen LogP contribution in [0, 0.1) is 22.7 Å². The molecule has 2 aromatic rings. The van der Waals surface area contributed by atoms with Crippen molar-refractivity contribution >= 4 is 0 Å². The van der Waals surface area contributed by atoms with Gasteiger partial charge in [0.15, 0.2) is 6.23 Å². The van der Waals surface area contributed by atoms with E-state index in [4.69, 9.17) is 20.0 Å². The summed E-state index contributed by atoms with van der Waals surface area (Å²) >= 11 is 0. The smallest absolute Gasteiger partial charge is 0.417 e. The Labute approximate surface area is 154 Å². The van der Waals surface area contributed by atoms with Crippen molar-refractivity contribution in [3.05, 3.63) is 59.2 Å². The van der Waals surface area contributed by atoms with E-state index in [1.54, 1.807) is 43.3 Å². The van der Waals surface area contributed by atoms with Crippen LogP contribution in [-0.4, -0.2) is 31.8 Å². The van der Waals surface area contributed by atoms with Gasteiger partial charge in [-0.25, -0.2) is 0 Å². The van der Waals surface area contributed by atoms with Crippen LogP contribution in [0.25, 0.3) is 0 Å². The second-order valence-corrected chi connectivity index (χ2v) is 5.80. The fourth-order valence-corrected chi connectivity index (χ4v) is 2.17. The molecule has 0 saturated heterocycles. The van der Waals surface area contributed by atoms with Crippen LogP contribution in [0.15, 0.2) is 42.5 Å². The quantitative estimate of drug-likeness (QED) is 0.719. The molecule has 0 bridgehead atoms. The predicted octanol–water partition coefficient (Wildman–Crippen LogP) is 3.79. The van der Waals surface area contributed by atoms with Gasteiger partial charge in [0.2, 0.25) is 0 Å². The number of hydrogen-bond donors (Lipinski definition) is 0. The van der Waals surface area contributed by atoms with Crippen LogP contribution in [-0.2, 0) is 6.18 Å². The first-order chi connectivity index (χ1) is 12.7. The lowest BCUT2D eigenvalue weighted by Crippen LogP contribution is -2.38. The molecule has 0 radical (unpaired) electrons. The average Bonchev–Trinajstić information content (AvgIpc) is 2.64. The van der Waals surface area contributed by atoms with E-state index in [0.717, 1.165) is 12.1 Å². The number of halogens is 3. The molecule has 0 spiro atoms. The number of likely N-dealkylation sites (N-methyl/N-ethyl adjacent to an activating group) is 1. The van der Waals surface area contributed by atoms with E-state index in [2.05, 4.69) is 0 Å². The summed E-state index contributed by atoms with van der Waals surface area (Å²) in [4.78, 5) is 1.70. The third-order valence-corrected chi connectivity index (χ3v) is 3.64. The van der Waals surface area contributed by atoms with E-state index in [-0.39, 0.29) is 12.4 Å². The Morgan fingerprint density at radius 3 is 2.15 bits per heavy atom. The van der Waals surface area contributed by atoms with Gasteiger partial charge in [-0.2, -0.15) is 23.7 Å². The van der Waals surface area contributed by atoms with E-state index in [9.17, 15) is 13.2 Å². The molecule has 5 nitrogen and oxygen atoms in total.